The molecule has 0 fully saturated rings. The van der Waals surface area contributed by atoms with Crippen molar-refractivity contribution in [2.24, 2.45) is 0 Å². The highest BCUT2D eigenvalue weighted by Crippen LogP contribution is 2.17. The predicted molar refractivity (Wildman–Crippen MR) is 110 cm³/mol. The van der Waals surface area contributed by atoms with Gasteiger partial charge >= 0.3 is 0 Å². The van der Waals surface area contributed by atoms with Crippen molar-refractivity contribution in [3.05, 3.63) is 94.6 Å². The molecule has 1 amide bonds. The lowest BCUT2D eigenvalue weighted by Gasteiger charge is -2.15. The highest BCUT2D eigenvalue weighted by atomic mass is 35.5. The van der Waals surface area contributed by atoms with E-state index in [0.29, 0.717) is 17.1 Å². The molecule has 1 unspecified atom stereocenters. The van der Waals surface area contributed by atoms with Crippen LogP contribution in [0.3, 0.4) is 0 Å². The molecule has 0 bridgehead atoms. The highest BCUT2D eigenvalue weighted by Gasteiger charge is 2.08. The molecule has 1 aromatic heterocycles. The van der Waals surface area contributed by atoms with Crippen LogP contribution < -0.4 is 10.6 Å². The molecule has 0 spiro atoms. The lowest BCUT2D eigenvalue weighted by atomic mass is 10.1. The van der Waals surface area contributed by atoms with Crippen LogP contribution in [0.4, 0.5) is 5.82 Å². The summed E-state index contributed by atoms with van der Waals surface area (Å²) in [6.45, 7) is 2.62. The number of rotatable bonds is 7. The van der Waals surface area contributed by atoms with E-state index < -0.39 is 0 Å². The SMILES string of the molecule is CC(Nc1ccc(C(=O)NCCc2cccc(Cl)c2)cn1)c1ccccc1. The Bertz CT molecular complexity index is 882. The second-order valence-electron chi connectivity index (χ2n) is 6.34. The minimum atomic E-state index is -0.132. The number of halogens is 1. The maximum atomic E-state index is 12.3. The molecule has 5 heteroatoms. The van der Waals surface area contributed by atoms with Gasteiger partial charge < -0.3 is 10.6 Å². The van der Waals surface area contributed by atoms with Gasteiger partial charge in [0.15, 0.2) is 0 Å². The zero-order valence-electron chi connectivity index (χ0n) is 15.2. The predicted octanol–water partition coefficient (Wildman–Crippen LogP) is 4.88. The van der Waals surface area contributed by atoms with Crippen molar-refractivity contribution in [1.29, 1.82) is 0 Å². The van der Waals surface area contributed by atoms with E-state index in [4.69, 9.17) is 11.6 Å². The van der Waals surface area contributed by atoms with E-state index in [1.807, 2.05) is 48.5 Å². The molecule has 27 heavy (non-hydrogen) atoms. The van der Waals surface area contributed by atoms with Crippen LogP contribution in [0.2, 0.25) is 5.02 Å². The Morgan fingerprint density at radius 1 is 1.07 bits per heavy atom. The second-order valence-corrected chi connectivity index (χ2v) is 6.78. The fraction of sp³-hybridized carbons (Fsp3) is 0.182. The molecule has 0 radical (unpaired) electrons. The Morgan fingerprint density at radius 2 is 1.89 bits per heavy atom. The topological polar surface area (TPSA) is 54.0 Å². The van der Waals surface area contributed by atoms with Crippen molar-refractivity contribution in [2.45, 2.75) is 19.4 Å². The van der Waals surface area contributed by atoms with Crippen molar-refractivity contribution in [1.82, 2.24) is 10.3 Å². The molecule has 138 valence electrons. The first-order valence-corrected chi connectivity index (χ1v) is 9.30. The molecule has 1 atom stereocenters. The van der Waals surface area contributed by atoms with E-state index in [1.165, 1.54) is 5.56 Å². The Kier molecular flexibility index (Phi) is 6.44. The number of hydrogen-bond acceptors (Lipinski definition) is 3. The highest BCUT2D eigenvalue weighted by molar-refractivity contribution is 6.30. The quantitative estimate of drug-likeness (QED) is 0.615. The third kappa shape index (κ3) is 5.56. The molecule has 4 nitrogen and oxygen atoms in total. The van der Waals surface area contributed by atoms with E-state index in [2.05, 4.69) is 34.7 Å². The maximum Gasteiger partial charge on any atom is 0.252 e. The number of amides is 1. The summed E-state index contributed by atoms with van der Waals surface area (Å²) in [5.74, 6) is 0.606. The number of benzene rings is 2. The van der Waals surface area contributed by atoms with Crippen LogP contribution in [0.5, 0.6) is 0 Å². The molecule has 3 aromatic rings. The summed E-state index contributed by atoms with van der Waals surface area (Å²) >= 11 is 5.97. The molecular formula is C22H22ClN3O. The number of nitrogens with one attached hydrogen (secondary N) is 2. The molecular weight excluding hydrogens is 358 g/mol. The molecule has 2 aromatic carbocycles. The number of aromatic nitrogens is 1. The molecule has 0 aliphatic heterocycles. The molecule has 1 heterocycles. The molecule has 0 saturated heterocycles. The number of carbonyl (C=O) groups is 1. The van der Waals surface area contributed by atoms with Gasteiger partial charge in [-0.15, -0.1) is 0 Å². The first-order valence-electron chi connectivity index (χ1n) is 8.92. The minimum Gasteiger partial charge on any atom is -0.364 e. The fourth-order valence-electron chi connectivity index (χ4n) is 2.78. The lowest BCUT2D eigenvalue weighted by Crippen LogP contribution is -2.25. The van der Waals surface area contributed by atoms with Crippen molar-refractivity contribution < 1.29 is 4.79 Å². The smallest absolute Gasteiger partial charge is 0.252 e. The molecule has 0 saturated carbocycles. The maximum absolute atomic E-state index is 12.3. The summed E-state index contributed by atoms with van der Waals surface area (Å²) in [4.78, 5) is 16.6. The van der Waals surface area contributed by atoms with Crippen LogP contribution in [-0.4, -0.2) is 17.4 Å². The normalized spacial score (nSPS) is 11.6. The first kappa shape index (κ1) is 18.9. The number of pyridine rings is 1. The molecule has 2 N–H and O–H groups in total. The third-order valence-electron chi connectivity index (χ3n) is 4.28. The Balaban J connectivity index is 1.51. The van der Waals surface area contributed by atoms with Gasteiger partial charge in [-0.1, -0.05) is 54.1 Å². The lowest BCUT2D eigenvalue weighted by molar-refractivity contribution is 0.0954. The Morgan fingerprint density at radius 3 is 2.59 bits per heavy atom. The monoisotopic (exact) mass is 379 g/mol. The van der Waals surface area contributed by atoms with Crippen LogP contribution in [0.15, 0.2) is 72.9 Å². The largest absolute Gasteiger partial charge is 0.364 e. The van der Waals surface area contributed by atoms with Gasteiger partial charge in [0.05, 0.1) is 5.56 Å². The Labute approximate surface area is 164 Å². The fourth-order valence-corrected chi connectivity index (χ4v) is 2.99. The average molecular weight is 380 g/mol. The van der Waals surface area contributed by atoms with Gasteiger partial charge in [-0.05, 0) is 48.7 Å². The van der Waals surface area contributed by atoms with Gasteiger partial charge in [-0.2, -0.15) is 0 Å². The number of hydrogen-bond donors (Lipinski definition) is 2. The van der Waals surface area contributed by atoms with Crippen LogP contribution in [0.1, 0.15) is 34.5 Å². The number of nitrogens with zero attached hydrogens (tertiary/aromatic N) is 1. The summed E-state index contributed by atoms with van der Waals surface area (Å²) < 4.78 is 0. The van der Waals surface area contributed by atoms with Gasteiger partial charge in [0.2, 0.25) is 0 Å². The van der Waals surface area contributed by atoms with E-state index >= 15 is 0 Å². The first-order chi connectivity index (χ1) is 13.1. The van der Waals surface area contributed by atoms with E-state index in [9.17, 15) is 4.79 Å². The van der Waals surface area contributed by atoms with Gasteiger partial charge in [0.25, 0.3) is 5.91 Å². The molecule has 3 rings (SSSR count). The van der Waals surface area contributed by atoms with Crippen molar-refractivity contribution in [3.8, 4) is 0 Å². The summed E-state index contributed by atoms with van der Waals surface area (Å²) in [6.07, 6.45) is 2.32. The third-order valence-corrected chi connectivity index (χ3v) is 4.51. The van der Waals surface area contributed by atoms with Gasteiger partial charge in [0, 0.05) is 23.8 Å². The van der Waals surface area contributed by atoms with E-state index in [-0.39, 0.29) is 11.9 Å². The zero-order valence-corrected chi connectivity index (χ0v) is 15.9. The summed E-state index contributed by atoms with van der Waals surface area (Å²) in [5, 5.41) is 6.95. The number of carbonyl (C=O) groups excluding carboxylic acids is 1. The van der Waals surface area contributed by atoms with E-state index in [1.54, 1.807) is 12.3 Å². The van der Waals surface area contributed by atoms with Crippen molar-refractivity contribution in [2.75, 3.05) is 11.9 Å². The van der Waals surface area contributed by atoms with Crippen LogP contribution in [0.25, 0.3) is 0 Å². The number of anilines is 1. The molecule has 0 aliphatic carbocycles. The standard InChI is InChI=1S/C22H22ClN3O/c1-16(18-7-3-2-4-8-18)26-21-11-10-19(15-25-21)22(27)24-13-12-17-6-5-9-20(23)14-17/h2-11,14-16H,12-13H2,1H3,(H,24,27)(H,25,26). The Hall–Kier alpha value is -2.85. The second kappa shape index (κ2) is 9.19. The summed E-state index contributed by atoms with van der Waals surface area (Å²) in [5.41, 5.74) is 2.82. The average Bonchev–Trinajstić information content (AvgIpc) is 2.69. The van der Waals surface area contributed by atoms with Gasteiger partial charge in [0.1, 0.15) is 5.82 Å². The van der Waals surface area contributed by atoms with E-state index in [0.717, 1.165) is 17.8 Å². The van der Waals surface area contributed by atoms with Crippen LogP contribution in [0, 0.1) is 0 Å². The molecule has 0 aliphatic rings. The van der Waals surface area contributed by atoms with Crippen molar-refractivity contribution in [3.63, 3.8) is 0 Å². The minimum absolute atomic E-state index is 0.132. The van der Waals surface area contributed by atoms with Crippen LogP contribution >= 0.6 is 11.6 Å². The van der Waals surface area contributed by atoms with Crippen molar-refractivity contribution >= 4 is 23.3 Å². The summed E-state index contributed by atoms with van der Waals surface area (Å²) in [6, 6.07) is 21.5. The van der Waals surface area contributed by atoms with Gasteiger partial charge in [-0.25, -0.2) is 4.98 Å². The van der Waals surface area contributed by atoms with Gasteiger partial charge in [-0.3, -0.25) is 4.79 Å². The summed E-state index contributed by atoms with van der Waals surface area (Å²) in [7, 11) is 0. The zero-order chi connectivity index (χ0) is 19.1. The van der Waals surface area contributed by atoms with Crippen LogP contribution in [-0.2, 0) is 6.42 Å².